The third-order valence-electron chi connectivity index (χ3n) is 3.37. The second-order valence-electron chi connectivity index (χ2n) is 5.26. The minimum atomic E-state index is -0.0399. The molecule has 2 rings (SSSR count). The average molecular weight is 272 g/mol. The topological polar surface area (TPSA) is 59.8 Å². The number of carbonyl (C=O) groups excluding carboxylic acids is 1. The number of aryl methyl sites for hydroxylation is 1. The molecular weight excluding hydrogens is 252 g/mol. The summed E-state index contributed by atoms with van der Waals surface area (Å²) in [6.07, 6.45) is 3.44. The third kappa shape index (κ3) is 3.44. The Balaban J connectivity index is 2.08. The molecule has 1 atom stereocenters. The van der Waals surface area contributed by atoms with Crippen molar-refractivity contribution < 1.29 is 4.79 Å². The first-order chi connectivity index (χ1) is 9.58. The van der Waals surface area contributed by atoms with Gasteiger partial charge in [0, 0.05) is 11.8 Å². The first-order valence-electron chi connectivity index (χ1n) is 6.78. The molecule has 0 radical (unpaired) electrons. The lowest BCUT2D eigenvalue weighted by Crippen LogP contribution is -2.41. The normalized spacial score (nSPS) is 12.4. The number of nitrogens with zero attached hydrogens (tertiary/aromatic N) is 3. The minimum absolute atomic E-state index is 0.0174. The van der Waals surface area contributed by atoms with Gasteiger partial charge in [-0.2, -0.15) is 0 Å². The molecule has 1 unspecified atom stereocenters. The van der Waals surface area contributed by atoms with Crippen LogP contribution in [-0.4, -0.2) is 26.9 Å². The number of rotatable bonds is 5. The van der Waals surface area contributed by atoms with Crippen LogP contribution in [0.25, 0.3) is 0 Å². The molecule has 1 N–H and O–H groups in total. The number of hydrogen-bond donors (Lipinski definition) is 1. The van der Waals surface area contributed by atoms with Gasteiger partial charge in [-0.15, -0.1) is 5.10 Å². The maximum Gasteiger partial charge on any atom is 0.251 e. The van der Waals surface area contributed by atoms with Gasteiger partial charge in [-0.3, -0.25) is 9.48 Å². The van der Waals surface area contributed by atoms with Gasteiger partial charge >= 0.3 is 0 Å². The van der Waals surface area contributed by atoms with Crippen LogP contribution in [0.15, 0.2) is 36.7 Å². The molecule has 0 fully saturated rings. The molecule has 20 heavy (non-hydrogen) atoms. The molecule has 0 aliphatic rings. The molecule has 5 heteroatoms. The quantitative estimate of drug-likeness (QED) is 0.906. The zero-order valence-corrected chi connectivity index (χ0v) is 12.1. The van der Waals surface area contributed by atoms with E-state index in [0.717, 1.165) is 11.1 Å². The molecule has 0 aliphatic carbocycles. The summed E-state index contributed by atoms with van der Waals surface area (Å²) in [7, 11) is 0. The van der Waals surface area contributed by atoms with Crippen LogP contribution < -0.4 is 5.32 Å². The molecule has 0 aliphatic heterocycles. The molecule has 106 valence electrons. The van der Waals surface area contributed by atoms with Gasteiger partial charge in [0.05, 0.1) is 18.8 Å². The predicted octanol–water partition coefficient (Wildman–Crippen LogP) is 2.04. The number of carbonyl (C=O) groups is 1. The van der Waals surface area contributed by atoms with E-state index in [0.29, 0.717) is 12.5 Å². The van der Waals surface area contributed by atoms with E-state index in [-0.39, 0.29) is 11.9 Å². The lowest BCUT2D eigenvalue weighted by Gasteiger charge is -2.22. The number of hydrogen-bond acceptors (Lipinski definition) is 3. The molecule has 2 aromatic rings. The summed E-state index contributed by atoms with van der Waals surface area (Å²) in [5.41, 5.74) is 1.70. The maximum absolute atomic E-state index is 12.4. The monoisotopic (exact) mass is 272 g/mol. The van der Waals surface area contributed by atoms with Gasteiger partial charge in [0.15, 0.2) is 0 Å². The Labute approximate surface area is 119 Å². The van der Waals surface area contributed by atoms with Crippen molar-refractivity contribution in [3.05, 3.63) is 47.8 Å². The van der Waals surface area contributed by atoms with Crippen molar-refractivity contribution in [3.63, 3.8) is 0 Å². The molecule has 1 heterocycles. The lowest BCUT2D eigenvalue weighted by atomic mass is 10.0. The second-order valence-corrected chi connectivity index (χ2v) is 5.26. The van der Waals surface area contributed by atoms with Crippen LogP contribution in [0.2, 0.25) is 0 Å². The zero-order valence-electron chi connectivity index (χ0n) is 12.1. The van der Waals surface area contributed by atoms with Gasteiger partial charge in [0.25, 0.3) is 5.91 Å². The first kappa shape index (κ1) is 14.2. The lowest BCUT2D eigenvalue weighted by molar-refractivity contribution is 0.0918. The standard InChI is InChI=1S/C15H20N4O/c1-11(2)14(10-19-9-8-16-18-19)17-15(20)13-7-5-4-6-12(13)3/h4-9,11,14H,10H2,1-3H3,(H,17,20). The zero-order chi connectivity index (χ0) is 14.5. The Kier molecular flexibility index (Phi) is 4.50. The first-order valence-corrected chi connectivity index (χ1v) is 6.78. The molecule has 1 aromatic heterocycles. The third-order valence-corrected chi connectivity index (χ3v) is 3.37. The fourth-order valence-corrected chi connectivity index (χ4v) is 2.03. The van der Waals surface area contributed by atoms with Crippen molar-refractivity contribution in [3.8, 4) is 0 Å². The maximum atomic E-state index is 12.4. The number of aromatic nitrogens is 3. The Morgan fingerprint density at radius 2 is 2.10 bits per heavy atom. The molecular formula is C15H20N4O. The van der Waals surface area contributed by atoms with Crippen LogP contribution in [-0.2, 0) is 6.54 Å². The van der Waals surface area contributed by atoms with E-state index in [2.05, 4.69) is 29.5 Å². The van der Waals surface area contributed by atoms with E-state index in [1.807, 2.05) is 31.2 Å². The summed E-state index contributed by atoms with van der Waals surface area (Å²) < 4.78 is 1.74. The van der Waals surface area contributed by atoms with Gasteiger partial charge in [-0.25, -0.2) is 0 Å². The van der Waals surface area contributed by atoms with Gasteiger partial charge in [-0.05, 0) is 24.5 Å². The highest BCUT2D eigenvalue weighted by molar-refractivity contribution is 5.95. The Bertz CT molecular complexity index is 563. The van der Waals surface area contributed by atoms with Gasteiger partial charge < -0.3 is 5.32 Å². The molecule has 1 aromatic carbocycles. The van der Waals surface area contributed by atoms with Gasteiger partial charge in [0.2, 0.25) is 0 Å². The van der Waals surface area contributed by atoms with E-state index in [9.17, 15) is 4.79 Å². The van der Waals surface area contributed by atoms with Crippen LogP contribution in [0.5, 0.6) is 0 Å². The van der Waals surface area contributed by atoms with Gasteiger partial charge in [-0.1, -0.05) is 37.3 Å². The summed E-state index contributed by atoms with van der Waals surface area (Å²) in [6.45, 7) is 6.73. The van der Waals surface area contributed by atoms with Crippen molar-refractivity contribution in [1.82, 2.24) is 20.3 Å². The molecule has 0 saturated carbocycles. The van der Waals surface area contributed by atoms with E-state index in [1.54, 1.807) is 17.1 Å². The van der Waals surface area contributed by atoms with Crippen molar-refractivity contribution >= 4 is 5.91 Å². The molecule has 5 nitrogen and oxygen atoms in total. The SMILES string of the molecule is Cc1ccccc1C(=O)NC(Cn1ccnn1)C(C)C. The average Bonchev–Trinajstić information content (AvgIpc) is 2.91. The number of nitrogens with one attached hydrogen (secondary N) is 1. The number of amides is 1. The van der Waals surface area contributed by atoms with Crippen LogP contribution in [0, 0.1) is 12.8 Å². The van der Waals surface area contributed by atoms with Crippen molar-refractivity contribution in [2.45, 2.75) is 33.4 Å². The van der Waals surface area contributed by atoms with Crippen molar-refractivity contribution in [1.29, 1.82) is 0 Å². The highest BCUT2D eigenvalue weighted by Gasteiger charge is 2.18. The van der Waals surface area contributed by atoms with Crippen molar-refractivity contribution in [2.24, 2.45) is 5.92 Å². The number of benzene rings is 1. The predicted molar refractivity (Wildman–Crippen MR) is 77.3 cm³/mol. The fourth-order valence-electron chi connectivity index (χ4n) is 2.03. The molecule has 1 amide bonds. The molecule has 0 saturated heterocycles. The summed E-state index contributed by atoms with van der Waals surface area (Å²) >= 11 is 0. The Morgan fingerprint density at radius 1 is 1.35 bits per heavy atom. The van der Waals surface area contributed by atoms with Crippen LogP contribution >= 0.6 is 0 Å². The Morgan fingerprint density at radius 3 is 2.70 bits per heavy atom. The highest BCUT2D eigenvalue weighted by Crippen LogP contribution is 2.10. The minimum Gasteiger partial charge on any atom is -0.347 e. The Hall–Kier alpha value is -2.17. The summed E-state index contributed by atoms with van der Waals surface area (Å²) in [4.78, 5) is 12.4. The van der Waals surface area contributed by atoms with Crippen LogP contribution in [0.3, 0.4) is 0 Å². The van der Waals surface area contributed by atoms with E-state index in [4.69, 9.17) is 0 Å². The van der Waals surface area contributed by atoms with E-state index < -0.39 is 0 Å². The largest absolute Gasteiger partial charge is 0.347 e. The fraction of sp³-hybridized carbons (Fsp3) is 0.400. The smallest absolute Gasteiger partial charge is 0.251 e. The van der Waals surface area contributed by atoms with Crippen LogP contribution in [0.1, 0.15) is 29.8 Å². The van der Waals surface area contributed by atoms with Crippen molar-refractivity contribution in [2.75, 3.05) is 0 Å². The highest BCUT2D eigenvalue weighted by atomic mass is 16.1. The van der Waals surface area contributed by atoms with E-state index in [1.165, 1.54) is 0 Å². The summed E-state index contributed by atoms with van der Waals surface area (Å²) in [5.74, 6) is 0.272. The molecule has 0 spiro atoms. The van der Waals surface area contributed by atoms with Crippen LogP contribution in [0.4, 0.5) is 0 Å². The van der Waals surface area contributed by atoms with E-state index >= 15 is 0 Å². The second kappa shape index (κ2) is 6.32. The van der Waals surface area contributed by atoms with Gasteiger partial charge in [0.1, 0.15) is 0 Å². The summed E-state index contributed by atoms with van der Waals surface area (Å²) in [6, 6.07) is 7.61. The molecule has 0 bridgehead atoms. The summed E-state index contributed by atoms with van der Waals surface area (Å²) in [5, 5.41) is 10.8.